The zero-order valence-electron chi connectivity index (χ0n) is 26.6. The summed E-state index contributed by atoms with van der Waals surface area (Å²) in [5.41, 5.74) is 4.88. The first-order valence-corrected chi connectivity index (χ1v) is 16.3. The van der Waals surface area contributed by atoms with Crippen molar-refractivity contribution < 1.29 is 14.6 Å². The molecule has 4 aromatic rings. The van der Waals surface area contributed by atoms with E-state index in [1.807, 2.05) is 0 Å². The third kappa shape index (κ3) is 6.47. The highest BCUT2D eigenvalue weighted by atomic mass is 16.5. The van der Waals surface area contributed by atoms with Crippen LogP contribution in [0.25, 0.3) is 10.8 Å². The van der Waals surface area contributed by atoms with Gasteiger partial charge in [0.05, 0.1) is 38.1 Å². The average Bonchev–Trinajstić information content (AvgIpc) is 3.63. The number of aromatic amines is 1. The molecule has 4 heterocycles. The van der Waals surface area contributed by atoms with Gasteiger partial charge < -0.3 is 29.7 Å². The lowest BCUT2D eigenvalue weighted by atomic mass is 9.98. The molecule has 7 rings (SSSR count). The van der Waals surface area contributed by atoms with Gasteiger partial charge in [0.2, 0.25) is 0 Å². The molecule has 0 radical (unpaired) electrons. The van der Waals surface area contributed by atoms with E-state index in [0.29, 0.717) is 56.8 Å². The maximum Gasteiger partial charge on any atom is 0.318 e. The van der Waals surface area contributed by atoms with Crippen LogP contribution in [-0.2, 0) is 30.7 Å². The van der Waals surface area contributed by atoms with Crippen LogP contribution >= 0.6 is 0 Å². The highest BCUT2D eigenvalue weighted by molar-refractivity contribution is 5.97. The number of aliphatic hydroxyl groups excluding tert-OH is 1. The second-order valence-electron chi connectivity index (χ2n) is 13.2. The van der Waals surface area contributed by atoms with Crippen molar-refractivity contribution in [2.45, 2.75) is 70.7 Å². The van der Waals surface area contributed by atoms with Gasteiger partial charge in [0.1, 0.15) is 17.7 Å². The van der Waals surface area contributed by atoms with Crippen LogP contribution in [0.1, 0.15) is 67.2 Å². The second kappa shape index (κ2) is 12.5. The highest BCUT2D eigenvalue weighted by Crippen LogP contribution is 2.46. The Balaban J connectivity index is 1.15. The van der Waals surface area contributed by atoms with Gasteiger partial charge in [0.15, 0.2) is 5.82 Å². The number of fused-ring (bicyclic) bond motifs is 2. The topological polar surface area (TPSA) is 125 Å². The van der Waals surface area contributed by atoms with E-state index in [0.717, 1.165) is 55.8 Å². The van der Waals surface area contributed by atoms with Crippen LogP contribution in [0, 0.1) is 5.41 Å². The van der Waals surface area contributed by atoms with E-state index in [-0.39, 0.29) is 17.6 Å². The standard InChI is InChI=1S/C34H44N8O3/c1-4-22-7-5-8-23-9-6-10-27(30(22)23)42-15-11-25-26(19-42)36-33(45-21-34(13-14-34)20-41(2)3)38-31(25)35-18-29-37-32(40-39-29)28-17-24(43)12-16-44-28/h5-10,24,28,43H,4,11-21H2,1-3H3,(H,35,36,38)(H,37,39,40). The number of anilines is 2. The van der Waals surface area contributed by atoms with E-state index in [9.17, 15) is 5.11 Å². The first kappa shape index (κ1) is 29.9. The van der Waals surface area contributed by atoms with Crippen molar-refractivity contribution in [2.75, 3.05) is 50.6 Å². The van der Waals surface area contributed by atoms with Crippen LogP contribution in [0.5, 0.6) is 6.01 Å². The Bertz CT molecular complexity index is 1650. The third-order valence-electron chi connectivity index (χ3n) is 9.37. The molecule has 1 saturated heterocycles. The average molecular weight is 613 g/mol. The Hall–Kier alpha value is -3.80. The SMILES string of the molecule is CCc1cccc2cccc(N3CCc4c(nc(OCC5(CN(C)C)CC5)nc4NCc4nc(C5CC(O)CCO5)n[nH]4)C3)c12. The van der Waals surface area contributed by atoms with E-state index >= 15 is 0 Å². The number of H-pyrrole nitrogens is 1. The molecule has 1 aliphatic carbocycles. The van der Waals surface area contributed by atoms with Gasteiger partial charge in [-0.15, -0.1) is 0 Å². The minimum atomic E-state index is -0.385. The minimum Gasteiger partial charge on any atom is -0.463 e. The molecule has 0 bridgehead atoms. The molecular weight excluding hydrogens is 568 g/mol. The van der Waals surface area contributed by atoms with Crippen LogP contribution in [0.3, 0.4) is 0 Å². The van der Waals surface area contributed by atoms with Crippen molar-refractivity contribution in [2.24, 2.45) is 5.41 Å². The van der Waals surface area contributed by atoms with Gasteiger partial charge in [-0.2, -0.15) is 15.1 Å². The number of aryl methyl sites for hydroxylation is 1. The number of aromatic nitrogens is 5. The van der Waals surface area contributed by atoms with Crippen molar-refractivity contribution in [3.05, 3.63) is 64.9 Å². The molecule has 2 fully saturated rings. The fourth-order valence-electron chi connectivity index (χ4n) is 6.85. The van der Waals surface area contributed by atoms with Crippen molar-refractivity contribution >= 4 is 22.3 Å². The molecule has 2 atom stereocenters. The van der Waals surface area contributed by atoms with Crippen molar-refractivity contribution in [3.8, 4) is 6.01 Å². The van der Waals surface area contributed by atoms with Crippen LogP contribution < -0.4 is 15.0 Å². The molecule has 2 aromatic carbocycles. The monoisotopic (exact) mass is 612 g/mol. The summed E-state index contributed by atoms with van der Waals surface area (Å²) >= 11 is 0. The summed E-state index contributed by atoms with van der Waals surface area (Å²) in [4.78, 5) is 19.2. The Morgan fingerprint density at radius 1 is 1.16 bits per heavy atom. The Morgan fingerprint density at radius 2 is 2.00 bits per heavy atom. The van der Waals surface area contributed by atoms with Gasteiger partial charge in [0, 0.05) is 41.6 Å². The predicted molar refractivity (Wildman–Crippen MR) is 173 cm³/mol. The number of aliphatic hydroxyl groups is 1. The molecule has 3 aliphatic rings. The van der Waals surface area contributed by atoms with Crippen molar-refractivity contribution in [3.63, 3.8) is 0 Å². The van der Waals surface area contributed by atoms with Gasteiger partial charge in [0.25, 0.3) is 0 Å². The van der Waals surface area contributed by atoms with E-state index in [4.69, 9.17) is 19.4 Å². The molecule has 238 valence electrons. The molecular formula is C34H44N8O3. The smallest absolute Gasteiger partial charge is 0.318 e. The molecule has 45 heavy (non-hydrogen) atoms. The van der Waals surface area contributed by atoms with Crippen LogP contribution in [0.4, 0.5) is 11.5 Å². The highest BCUT2D eigenvalue weighted by Gasteiger charge is 2.44. The van der Waals surface area contributed by atoms with E-state index in [2.05, 4.69) is 87.7 Å². The number of rotatable bonds is 11. The molecule has 0 spiro atoms. The zero-order chi connectivity index (χ0) is 31.0. The maximum atomic E-state index is 10.1. The van der Waals surface area contributed by atoms with Gasteiger partial charge >= 0.3 is 6.01 Å². The summed E-state index contributed by atoms with van der Waals surface area (Å²) < 4.78 is 12.2. The first-order valence-electron chi connectivity index (χ1n) is 16.3. The molecule has 11 heteroatoms. The zero-order valence-corrected chi connectivity index (χ0v) is 26.6. The fraction of sp³-hybridized carbons (Fsp3) is 0.529. The van der Waals surface area contributed by atoms with Gasteiger partial charge in [-0.25, -0.2) is 4.98 Å². The Kier molecular flexibility index (Phi) is 8.32. The summed E-state index contributed by atoms with van der Waals surface area (Å²) in [6.45, 7) is 6.29. The van der Waals surface area contributed by atoms with Gasteiger partial charge in [-0.3, -0.25) is 5.10 Å². The number of nitrogens with one attached hydrogen (secondary N) is 2. The predicted octanol–water partition coefficient (Wildman–Crippen LogP) is 4.42. The van der Waals surface area contributed by atoms with Crippen LogP contribution in [0.15, 0.2) is 36.4 Å². The molecule has 2 unspecified atom stereocenters. The second-order valence-corrected chi connectivity index (χ2v) is 13.2. The van der Waals surface area contributed by atoms with Crippen LogP contribution in [-0.4, -0.2) is 81.7 Å². The number of benzene rings is 2. The van der Waals surface area contributed by atoms with E-state index in [1.54, 1.807) is 0 Å². The number of hydrogen-bond acceptors (Lipinski definition) is 10. The van der Waals surface area contributed by atoms with Crippen molar-refractivity contribution in [1.82, 2.24) is 30.0 Å². The lowest BCUT2D eigenvalue weighted by Crippen LogP contribution is -2.33. The summed E-state index contributed by atoms with van der Waals surface area (Å²) in [7, 11) is 4.22. The summed E-state index contributed by atoms with van der Waals surface area (Å²) in [5, 5.41) is 23.6. The summed E-state index contributed by atoms with van der Waals surface area (Å²) in [5.74, 6) is 2.04. The summed E-state index contributed by atoms with van der Waals surface area (Å²) in [6.07, 6.45) is 4.58. The maximum absolute atomic E-state index is 10.1. The normalized spacial score (nSPS) is 20.8. The molecule has 0 amide bonds. The fourth-order valence-corrected chi connectivity index (χ4v) is 6.85. The quantitative estimate of drug-likeness (QED) is 0.224. The Morgan fingerprint density at radius 3 is 2.78 bits per heavy atom. The molecule has 2 aromatic heterocycles. The minimum absolute atomic E-state index is 0.174. The Labute approximate surface area is 264 Å². The summed E-state index contributed by atoms with van der Waals surface area (Å²) in [6, 6.07) is 13.6. The largest absolute Gasteiger partial charge is 0.463 e. The number of nitrogens with zero attached hydrogens (tertiary/aromatic N) is 6. The molecule has 3 N–H and O–H groups in total. The van der Waals surface area contributed by atoms with Gasteiger partial charge in [-0.05, 0) is 63.2 Å². The molecule has 11 nitrogen and oxygen atoms in total. The van der Waals surface area contributed by atoms with Gasteiger partial charge in [-0.1, -0.05) is 37.3 Å². The van der Waals surface area contributed by atoms with Crippen LogP contribution in [0.2, 0.25) is 0 Å². The number of hydrogen-bond donors (Lipinski definition) is 3. The molecule has 1 saturated carbocycles. The van der Waals surface area contributed by atoms with E-state index < -0.39 is 0 Å². The first-order chi connectivity index (χ1) is 21.9. The lowest BCUT2D eigenvalue weighted by molar-refractivity contribution is -0.0485. The number of ether oxygens (including phenoxy) is 2. The lowest BCUT2D eigenvalue weighted by Gasteiger charge is -2.32. The van der Waals surface area contributed by atoms with E-state index in [1.165, 1.54) is 22.0 Å². The van der Waals surface area contributed by atoms with Crippen molar-refractivity contribution in [1.29, 1.82) is 0 Å². The molecule has 2 aliphatic heterocycles. The third-order valence-corrected chi connectivity index (χ3v) is 9.37.